The van der Waals surface area contributed by atoms with E-state index >= 15 is 0 Å². The highest BCUT2D eigenvalue weighted by Crippen LogP contribution is 2.13. The summed E-state index contributed by atoms with van der Waals surface area (Å²) >= 11 is 0. The third-order valence-electron chi connectivity index (χ3n) is 3.76. The van der Waals surface area contributed by atoms with Crippen LogP contribution in [0.3, 0.4) is 0 Å². The fourth-order valence-electron chi connectivity index (χ4n) is 2.36. The maximum atomic E-state index is 11.8. The molecule has 26 heavy (non-hydrogen) atoms. The molecule has 0 radical (unpaired) electrons. The van der Waals surface area contributed by atoms with Crippen molar-refractivity contribution in [2.24, 2.45) is 0 Å². The summed E-state index contributed by atoms with van der Waals surface area (Å²) in [5, 5.41) is 2.83. The summed E-state index contributed by atoms with van der Waals surface area (Å²) in [6.45, 7) is 4.90. The molecule has 0 spiro atoms. The second-order valence-corrected chi connectivity index (χ2v) is 6.05. The van der Waals surface area contributed by atoms with Crippen LogP contribution in [0.15, 0.2) is 48.5 Å². The highest BCUT2D eigenvalue weighted by Gasteiger charge is 2.03. The molecular formula is C21H25NO4. The first kappa shape index (κ1) is 19.5. The van der Waals surface area contributed by atoms with Gasteiger partial charge in [-0.1, -0.05) is 12.1 Å². The summed E-state index contributed by atoms with van der Waals surface area (Å²) in [5.41, 5.74) is 1.80. The molecule has 2 aromatic carbocycles. The van der Waals surface area contributed by atoms with E-state index in [0.717, 1.165) is 11.3 Å². The molecule has 0 unspecified atom stereocenters. The summed E-state index contributed by atoms with van der Waals surface area (Å²) < 4.78 is 11.2. The molecule has 0 fully saturated rings. The highest BCUT2D eigenvalue weighted by atomic mass is 16.5. The van der Waals surface area contributed by atoms with Crippen LogP contribution in [0.2, 0.25) is 0 Å². The number of nitrogens with one attached hydrogen (secondary N) is 1. The van der Waals surface area contributed by atoms with Gasteiger partial charge in [-0.25, -0.2) is 0 Å². The monoisotopic (exact) mass is 355 g/mol. The Labute approximate surface area is 154 Å². The number of carbonyl (C=O) groups is 2. The Kier molecular flexibility index (Phi) is 7.68. The number of aryl methyl sites for hydroxylation is 1. The molecule has 0 heterocycles. The van der Waals surface area contributed by atoms with Crippen molar-refractivity contribution in [3.63, 3.8) is 0 Å². The lowest BCUT2D eigenvalue weighted by Gasteiger charge is -2.09. The summed E-state index contributed by atoms with van der Waals surface area (Å²) in [7, 11) is 0. The van der Waals surface area contributed by atoms with Gasteiger partial charge in [0.1, 0.15) is 18.1 Å². The van der Waals surface area contributed by atoms with Crippen LogP contribution in [0.25, 0.3) is 0 Å². The maximum absolute atomic E-state index is 11.8. The van der Waals surface area contributed by atoms with Gasteiger partial charge in [0, 0.05) is 12.0 Å². The molecular weight excluding hydrogens is 330 g/mol. The van der Waals surface area contributed by atoms with Gasteiger partial charge in [0.15, 0.2) is 5.78 Å². The third kappa shape index (κ3) is 6.97. The Morgan fingerprint density at radius 2 is 1.69 bits per heavy atom. The SMILES string of the molecule is CC(=O)c1ccc(OCCCC(=O)NCCOc2cccc(C)c2)cc1. The lowest BCUT2D eigenvalue weighted by atomic mass is 10.1. The molecule has 0 aliphatic carbocycles. The van der Waals surface area contributed by atoms with Crippen molar-refractivity contribution >= 4 is 11.7 Å². The van der Waals surface area contributed by atoms with Crippen molar-refractivity contribution in [2.75, 3.05) is 19.8 Å². The van der Waals surface area contributed by atoms with Gasteiger partial charge in [0.25, 0.3) is 0 Å². The number of benzene rings is 2. The normalized spacial score (nSPS) is 10.2. The van der Waals surface area contributed by atoms with E-state index in [1.807, 2.05) is 31.2 Å². The fraction of sp³-hybridized carbons (Fsp3) is 0.333. The number of rotatable bonds is 10. The number of hydrogen-bond donors (Lipinski definition) is 1. The molecule has 0 saturated carbocycles. The number of carbonyl (C=O) groups excluding carboxylic acids is 2. The molecule has 0 aliphatic heterocycles. The van der Waals surface area contributed by atoms with Gasteiger partial charge in [-0.2, -0.15) is 0 Å². The summed E-state index contributed by atoms with van der Waals surface area (Å²) in [5.74, 6) is 1.51. The molecule has 0 atom stereocenters. The van der Waals surface area contributed by atoms with Gasteiger partial charge < -0.3 is 14.8 Å². The van der Waals surface area contributed by atoms with Crippen LogP contribution < -0.4 is 14.8 Å². The molecule has 2 rings (SSSR count). The number of ketones is 1. The molecule has 0 bridgehead atoms. The molecule has 5 nitrogen and oxygen atoms in total. The second kappa shape index (κ2) is 10.2. The number of hydrogen-bond acceptors (Lipinski definition) is 4. The Bertz CT molecular complexity index is 725. The van der Waals surface area contributed by atoms with E-state index in [0.29, 0.717) is 43.9 Å². The van der Waals surface area contributed by atoms with Crippen LogP contribution in [0, 0.1) is 6.92 Å². The molecule has 0 saturated heterocycles. The largest absolute Gasteiger partial charge is 0.494 e. The summed E-state index contributed by atoms with van der Waals surface area (Å²) in [4.78, 5) is 23.0. The van der Waals surface area contributed by atoms with Gasteiger partial charge in [0.2, 0.25) is 5.91 Å². The predicted octanol–water partition coefficient (Wildman–Crippen LogP) is 3.55. The van der Waals surface area contributed by atoms with Crippen LogP contribution in [0.5, 0.6) is 11.5 Å². The van der Waals surface area contributed by atoms with Crippen molar-refractivity contribution in [3.8, 4) is 11.5 Å². The lowest BCUT2D eigenvalue weighted by molar-refractivity contribution is -0.121. The zero-order valence-electron chi connectivity index (χ0n) is 15.3. The fourth-order valence-corrected chi connectivity index (χ4v) is 2.36. The average molecular weight is 355 g/mol. The number of ether oxygens (including phenoxy) is 2. The van der Waals surface area contributed by atoms with E-state index in [9.17, 15) is 9.59 Å². The van der Waals surface area contributed by atoms with Crippen LogP contribution in [0.4, 0.5) is 0 Å². The minimum absolute atomic E-state index is 0.0200. The van der Waals surface area contributed by atoms with Gasteiger partial charge in [-0.3, -0.25) is 9.59 Å². The molecule has 5 heteroatoms. The molecule has 0 aliphatic rings. The van der Waals surface area contributed by atoms with Crippen LogP contribution in [-0.2, 0) is 4.79 Å². The standard InChI is InChI=1S/C21H25NO4/c1-16-5-3-6-20(15-16)26-14-12-22-21(24)7-4-13-25-19-10-8-18(9-11-19)17(2)23/h3,5-6,8-11,15H,4,7,12-14H2,1-2H3,(H,22,24). The van der Waals surface area contributed by atoms with Crippen LogP contribution in [-0.4, -0.2) is 31.4 Å². The molecule has 1 amide bonds. The van der Waals surface area contributed by atoms with E-state index in [-0.39, 0.29) is 11.7 Å². The zero-order chi connectivity index (χ0) is 18.8. The van der Waals surface area contributed by atoms with Gasteiger partial charge in [-0.05, 0) is 62.2 Å². The smallest absolute Gasteiger partial charge is 0.220 e. The van der Waals surface area contributed by atoms with Gasteiger partial charge in [0.05, 0.1) is 13.2 Å². The van der Waals surface area contributed by atoms with Gasteiger partial charge >= 0.3 is 0 Å². The Morgan fingerprint density at radius 1 is 0.962 bits per heavy atom. The lowest BCUT2D eigenvalue weighted by Crippen LogP contribution is -2.28. The predicted molar refractivity (Wildman–Crippen MR) is 101 cm³/mol. The second-order valence-electron chi connectivity index (χ2n) is 6.05. The van der Waals surface area contributed by atoms with Crippen molar-refractivity contribution in [2.45, 2.75) is 26.7 Å². The van der Waals surface area contributed by atoms with Crippen molar-refractivity contribution < 1.29 is 19.1 Å². The minimum Gasteiger partial charge on any atom is -0.494 e. The van der Waals surface area contributed by atoms with Crippen LogP contribution >= 0.6 is 0 Å². The van der Waals surface area contributed by atoms with E-state index in [4.69, 9.17) is 9.47 Å². The summed E-state index contributed by atoms with van der Waals surface area (Å²) in [6, 6.07) is 14.8. The highest BCUT2D eigenvalue weighted by molar-refractivity contribution is 5.94. The Morgan fingerprint density at radius 3 is 2.38 bits per heavy atom. The van der Waals surface area contributed by atoms with E-state index in [1.165, 1.54) is 6.92 Å². The molecule has 0 aromatic heterocycles. The Balaban J connectivity index is 1.55. The molecule has 2 aromatic rings. The van der Waals surface area contributed by atoms with Crippen molar-refractivity contribution in [1.29, 1.82) is 0 Å². The number of amides is 1. The summed E-state index contributed by atoms with van der Waals surface area (Å²) in [6.07, 6.45) is 1.02. The van der Waals surface area contributed by atoms with E-state index in [2.05, 4.69) is 5.32 Å². The first-order valence-electron chi connectivity index (χ1n) is 8.74. The first-order chi connectivity index (χ1) is 12.5. The van der Waals surface area contributed by atoms with E-state index < -0.39 is 0 Å². The molecule has 138 valence electrons. The Hall–Kier alpha value is -2.82. The third-order valence-corrected chi connectivity index (χ3v) is 3.76. The zero-order valence-corrected chi connectivity index (χ0v) is 15.3. The quantitative estimate of drug-likeness (QED) is 0.523. The van der Waals surface area contributed by atoms with Crippen LogP contribution in [0.1, 0.15) is 35.7 Å². The van der Waals surface area contributed by atoms with Crippen molar-refractivity contribution in [3.05, 3.63) is 59.7 Å². The topological polar surface area (TPSA) is 64.6 Å². The van der Waals surface area contributed by atoms with Gasteiger partial charge in [-0.15, -0.1) is 0 Å². The number of Topliss-reactive ketones (excluding diaryl/α,β-unsaturated/α-hetero) is 1. The van der Waals surface area contributed by atoms with Crippen molar-refractivity contribution in [1.82, 2.24) is 5.32 Å². The first-order valence-corrected chi connectivity index (χ1v) is 8.74. The molecule has 1 N–H and O–H groups in total. The average Bonchev–Trinajstić information content (AvgIpc) is 2.63. The minimum atomic E-state index is -0.0200. The van der Waals surface area contributed by atoms with E-state index in [1.54, 1.807) is 24.3 Å². The maximum Gasteiger partial charge on any atom is 0.220 e.